The molecule has 0 aliphatic heterocycles. The van der Waals surface area contributed by atoms with E-state index in [0.29, 0.717) is 23.8 Å². The van der Waals surface area contributed by atoms with E-state index in [0.717, 1.165) is 30.9 Å². The van der Waals surface area contributed by atoms with Crippen molar-refractivity contribution in [1.82, 2.24) is 0 Å². The molecule has 2 rings (SSSR count). The summed E-state index contributed by atoms with van der Waals surface area (Å²) in [7, 11) is 0. The lowest BCUT2D eigenvalue weighted by atomic mass is 10.1. The lowest BCUT2D eigenvalue weighted by Gasteiger charge is -2.11. The Labute approximate surface area is 207 Å². The second-order valence-electron chi connectivity index (χ2n) is 9.24. The Morgan fingerprint density at radius 2 is 1.18 bits per heavy atom. The van der Waals surface area contributed by atoms with E-state index in [1.54, 1.807) is 24.3 Å². The third-order valence-electron chi connectivity index (χ3n) is 6.12. The number of unbranched alkanes of at least 4 members (excludes halogenated alkanes) is 9. The average molecular weight is 469 g/mol. The van der Waals surface area contributed by atoms with E-state index in [1.165, 1.54) is 57.8 Å². The minimum atomic E-state index is -0.382. The van der Waals surface area contributed by atoms with E-state index < -0.39 is 0 Å². The van der Waals surface area contributed by atoms with Crippen LogP contribution in [0, 0.1) is 5.92 Å². The molecule has 0 aromatic heterocycles. The number of rotatable bonds is 18. The van der Waals surface area contributed by atoms with Crippen LogP contribution in [0.5, 0.6) is 17.2 Å². The van der Waals surface area contributed by atoms with Crippen molar-refractivity contribution in [3.05, 3.63) is 54.1 Å². The molecule has 0 bridgehead atoms. The number of ether oxygens (including phenoxy) is 3. The lowest BCUT2D eigenvalue weighted by Crippen LogP contribution is -2.09. The molecule has 2 aromatic rings. The van der Waals surface area contributed by atoms with Crippen LogP contribution in [-0.4, -0.2) is 19.2 Å². The van der Waals surface area contributed by atoms with Crippen molar-refractivity contribution in [3.63, 3.8) is 0 Å². The monoisotopic (exact) mass is 468 g/mol. The Morgan fingerprint density at radius 3 is 1.76 bits per heavy atom. The van der Waals surface area contributed by atoms with Crippen molar-refractivity contribution in [2.45, 2.75) is 91.4 Å². The number of esters is 1. The van der Waals surface area contributed by atoms with Gasteiger partial charge in [-0.05, 0) is 60.9 Å². The smallest absolute Gasteiger partial charge is 0.343 e. The molecule has 4 heteroatoms. The summed E-state index contributed by atoms with van der Waals surface area (Å²) in [5, 5.41) is 0. The first-order valence-corrected chi connectivity index (χ1v) is 13.3. The zero-order chi connectivity index (χ0) is 24.4. The molecule has 1 atom stereocenters. The summed E-state index contributed by atoms with van der Waals surface area (Å²) in [6.45, 7) is 7.96. The highest BCUT2D eigenvalue weighted by atomic mass is 16.5. The van der Waals surface area contributed by atoms with Crippen molar-refractivity contribution in [3.8, 4) is 17.2 Å². The van der Waals surface area contributed by atoms with E-state index in [1.807, 2.05) is 24.3 Å². The highest BCUT2D eigenvalue weighted by molar-refractivity contribution is 5.91. The van der Waals surface area contributed by atoms with Gasteiger partial charge in [-0.1, -0.05) is 85.0 Å². The molecule has 4 nitrogen and oxygen atoms in total. The highest BCUT2D eigenvalue weighted by Gasteiger charge is 2.09. The predicted octanol–water partition coefficient (Wildman–Crippen LogP) is 8.63. The third kappa shape index (κ3) is 11.6. The first-order chi connectivity index (χ1) is 16.6. The SMILES string of the molecule is CCCCCCCCCCCCOc1ccc(OC(=O)c2ccc(OCC(C)CC)cc2)cc1. The Bertz CT molecular complexity index is 782. The fourth-order valence-electron chi connectivity index (χ4n) is 3.59. The Hall–Kier alpha value is -2.49. The molecular formula is C30H44O4. The van der Waals surface area contributed by atoms with Crippen LogP contribution in [0.1, 0.15) is 102 Å². The lowest BCUT2D eigenvalue weighted by molar-refractivity contribution is 0.0734. The van der Waals surface area contributed by atoms with Crippen molar-refractivity contribution in [2.75, 3.05) is 13.2 Å². The normalized spacial score (nSPS) is 11.7. The van der Waals surface area contributed by atoms with Gasteiger partial charge in [-0.15, -0.1) is 0 Å². The summed E-state index contributed by atoms with van der Waals surface area (Å²) in [6, 6.07) is 14.3. The summed E-state index contributed by atoms with van der Waals surface area (Å²) in [5.41, 5.74) is 0.497. The quantitative estimate of drug-likeness (QED) is 0.125. The van der Waals surface area contributed by atoms with Gasteiger partial charge < -0.3 is 14.2 Å². The van der Waals surface area contributed by atoms with Crippen LogP contribution in [0.25, 0.3) is 0 Å². The van der Waals surface area contributed by atoms with Gasteiger partial charge in [0.1, 0.15) is 17.2 Å². The van der Waals surface area contributed by atoms with E-state index in [4.69, 9.17) is 14.2 Å². The maximum atomic E-state index is 12.4. The van der Waals surface area contributed by atoms with E-state index in [-0.39, 0.29) is 5.97 Å². The van der Waals surface area contributed by atoms with Gasteiger partial charge in [-0.25, -0.2) is 4.79 Å². The van der Waals surface area contributed by atoms with Gasteiger partial charge in [-0.2, -0.15) is 0 Å². The summed E-state index contributed by atoms with van der Waals surface area (Å²) in [4.78, 5) is 12.4. The number of carbonyl (C=O) groups excluding carboxylic acids is 1. The van der Waals surface area contributed by atoms with Crippen LogP contribution in [0.4, 0.5) is 0 Å². The minimum Gasteiger partial charge on any atom is -0.494 e. The summed E-state index contributed by atoms with van der Waals surface area (Å²) < 4.78 is 17.1. The van der Waals surface area contributed by atoms with Gasteiger partial charge in [0.05, 0.1) is 18.8 Å². The molecule has 188 valence electrons. The molecular weight excluding hydrogens is 424 g/mol. The second-order valence-corrected chi connectivity index (χ2v) is 9.24. The third-order valence-corrected chi connectivity index (χ3v) is 6.12. The van der Waals surface area contributed by atoms with Crippen molar-refractivity contribution < 1.29 is 19.0 Å². The maximum absolute atomic E-state index is 12.4. The maximum Gasteiger partial charge on any atom is 0.343 e. The van der Waals surface area contributed by atoms with Crippen LogP contribution < -0.4 is 14.2 Å². The largest absolute Gasteiger partial charge is 0.494 e. The van der Waals surface area contributed by atoms with Crippen molar-refractivity contribution in [2.24, 2.45) is 5.92 Å². The predicted molar refractivity (Wildman–Crippen MR) is 140 cm³/mol. The zero-order valence-corrected chi connectivity index (χ0v) is 21.5. The number of hydrogen-bond donors (Lipinski definition) is 0. The molecule has 1 unspecified atom stereocenters. The Kier molecular flexibility index (Phi) is 13.9. The molecule has 0 saturated heterocycles. The number of hydrogen-bond acceptors (Lipinski definition) is 4. The molecule has 0 aliphatic rings. The van der Waals surface area contributed by atoms with Gasteiger partial charge in [0, 0.05) is 0 Å². The van der Waals surface area contributed by atoms with E-state index >= 15 is 0 Å². The van der Waals surface area contributed by atoms with Crippen LogP contribution in [0.3, 0.4) is 0 Å². The Balaban J connectivity index is 1.61. The molecule has 0 spiro atoms. The Morgan fingerprint density at radius 1 is 0.676 bits per heavy atom. The van der Waals surface area contributed by atoms with Gasteiger partial charge in [0.2, 0.25) is 0 Å². The molecule has 0 heterocycles. The zero-order valence-electron chi connectivity index (χ0n) is 21.5. The molecule has 0 radical (unpaired) electrons. The summed E-state index contributed by atoms with van der Waals surface area (Å²) in [5.74, 6) is 2.20. The molecule has 0 N–H and O–H groups in total. The molecule has 0 aliphatic carbocycles. The molecule has 2 aromatic carbocycles. The van der Waals surface area contributed by atoms with Crippen LogP contribution in [-0.2, 0) is 0 Å². The highest BCUT2D eigenvalue weighted by Crippen LogP contribution is 2.20. The molecule has 0 fully saturated rings. The first-order valence-electron chi connectivity index (χ1n) is 13.3. The number of carbonyl (C=O) groups is 1. The fourth-order valence-corrected chi connectivity index (χ4v) is 3.59. The molecule has 0 amide bonds. The number of benzene rings is 2. The van der Waals surface area contributed by atoms with Crippen LogP contribution in [0.15, 0.2) is 48.5 Å². The van der Waals surface area contributed by atoms with Gasteiger partial charge in [0.15, 0.2) is 0 Å². The van der Waals surface area contributed by atoms with Crippen LogP contribution >= 0.6 is 0 Å². The fraction of sp³-hybridized carbons (Fsp3) is 0.567. The van der Waals surface area contributed by atoms with Crippen LogP contribution in [0.2, 0.25) is 0 Å². The average Bonchev–Trinajstić information content (AvgIpc) is 2.87. The van der Waals surface area contributed by atoms with Gasteiger partial charge in [-0.3, -0.25) is 0 Å². The summed E-state index contributed by atoms with van der Waals surface area (Å²) >= 11 is 0. The molecule has 34 heavy (non-hydrogen) atoms. The standard InChI is InChI=1S/C30H44O4/c1-4-6-7-8-9-10-11-12-13-14-23-32-27-19-21-29(22-20-27)34-30(31)26-15-17-28(18-16-26)33-24-25(3)5-2/h15-22,25H,4-14,23-24H2,1-3H3. The van der Waals surface area contributed by atoms with E-state index in [9.17, 15) is 4.79 Å². The van der Waals surface area contributed by atoms with Gasteiger partial charge in [0.25, 0.3) is 0 Å². The summed E-state index contributed by atoms with van der Waals surface area (Å²) in [6.07, 6.45) is 14.2. The van der Waals surface area contributed by atoms with Crippen molar-refractivity contribution >= 4 is 5.97 Å². The van der Waals surface area contributed by atoms with Gasteiger partial charge >= 0.3 is 5.97 Å². The topological polar surface area (TPSA) is 44.8 Å². The first kappa shape index (κ1) is 27.8. The van der Waals surface area contributed by atoms with E-state index in [2.05, 4.69) is 20.8 Å². The second kappa shape index (κ2) is 17.0. The minimum absolute atomic E-state index is 0.382. The van der Waals surface area contributed by atoms with Crippen molar-refractivity contribution in [1.29, 1.82) is 0 Å². The molecule has 0 saturated carbocycles.